The van der Waals surface area contributed by atoms with Crippen molar-refractivity contribution < 1.29 is 22.7 Å². The molecule has 0 saturated heterocycles. The zero-order chi connectivity index (χ0) is 19.8. The zero-order valence-electron chi connectivity index (χ0n) is 15.2. The number of benzene rings is 2. The summed E-state index contributed by atoms with van der Waals surface area (Å²) in [4.78, 5) is 24.5. The molecule has 0 fully saturated rings. The van der Waals surface area contributed by atoms with Crippen LogP contribution in [0.5, 0.6) is 0 Å². The Balaban J connectivity index is 1.89. The molecule has 0 saturated carbocycles. The minimum absolute atomic E-state index is 0.201. The summed E-state index contributed by atoms with van der Waals surface area (Å²) in [5, 5.41) is 2.71. The van der Waals surface area contributed by atoms with Gasteiger partial charge in [0, 0.05) is 11.6 Å². The molecule has 2 aromatic rings. The molecule has 142 valence electrons. The highest BCUT2D eigenvalue weighted by molar-refractivity contribution is 7.92. The van der Waals surface area contributed by atoms with Crippen molar-refractivity contribution in [3.05, 3.63) is 59.2 Å². The number of esters is 1. The first-order valence-corrected chi connectivity index (χ1v) is 10.2. The van der Waals surface area contributed by atoms with E-state index in [4.69, 9.17) is 4.74 Å². The van der Waals surface area contributed by atoms with Gasteiger partial charge in [-0.3, -0.25) is 9.10 Å². The van der Waals surface area contributed by atoms with E-state index in [1.807, 2.05) is 6.92 Å². The molecule has 0 aliphatic carbocycles. The van der Waals surface area contributed by atoms with Crippen LogP contribution in [0.15, 0.2) is 42.5 Å². The van der Waals surface area contributed by atoms with Gasteiger partial charge in [0.25, 0.3) is 5.91 Å². The van der Waals surface area contributed by atoms with E-state index >= 15 is 0 Å². The lowest BCUT2D eigenvalue weighted by Gasteiger charge is -2.21. The first kappa shape index (κ1) is 18.9. The van der Waals surface area contributed by atoms with Gasteiger partial charge in [0.1, 0.15) is 0 Å². The van der Waals surface area contributed by atoms with Crippen molar-refractivity contribution in [2.75, 3.05) is 23.0 Å². The Morgan fingerprint density at radius 3 is 2.56 bits per heavy atom. The number of anilines is 2. The van der Waals surface area contributed by atoms with Crippen LogP contribution < -0.4 is 9.62 Å². The second-order valence-electron chi connectivity index (χ2n) is 6.45. The molecule has 0 unspecified atom stereocenters. The first-order chi connectivity index (χ1) is 12.7. The third kappa shape index (κ3) is 3.66. The first-order valence-electron chi connectivity index (χ1n) is 8.33. The van der Waals surface area contributed by atoms with Crippen LogP contribution in [0.1, 0.15) is 33.2 Å². The number of para-hydroxylation sites is 1. The Bertz CT molecular complexity index is 1020. The summed E-state index contributed by atoms with van der Waals surface area (Å²) in [6, 6.07) is 11.3. The molecule has 2 aromatic carbocycles. The van der Waals surface area contributed by atoms with Gasteiger partial charge < -0.3 is 10.1 Å². The number of carbonyl (C=O) groups excluding carboxylic acids is 2. The largest absolute Gasteiger partial charge is 0.465 e. The molecule has 0 aromatic heterocycles. The van der Waals surface area contributed by atoms with Gasteiger partial charge in [0.15, 0.2) is 0 Å². The van der Waals surface area contributed by atoms with Crippen LogP contribution in [0.3, 0.4) is 0 Å². The van der Waals surface area contributed by atoms with Crippen molar-refractivity contribution in [1.29, 1.82) is 0 Å². The zero-order valence-corrected chi connectivity index (χ0v) is 16.0. The molecular weight excluding hydrogens is 368 g/mol. The van der Waals surface area contributed by atoms with E-state index in [1.54, 1.807) is 42.5 Å². The minimum atomic E-state index is -3.38. The van der Waals surface area contributed by atoms with Gasteiger partial charge in [-0.1, -0.05) is 12.1 Å². The van der Waals surface area contributed by atoms with Crippen molar-refractivity contribution in [2.45, 2.75) is 19.4 Å². The van der Waals surface area contributed by atoms with E-state index in [0.717, 1.165) is 5.56 Å². The predicted molar refractivity (Wildman–Crippen MR) is 103 cm³/mol. The van der Waals surface area contributed by atoms with Crippen molar-refractivity contribution in [3.63, 3.8) is 0 Å². The topological polar surface area (TPSA) is 92.8 Å². The Kier molecular flexibility index (Phi) is 4.93. The molecule has 27 heavy (non-hydrogen) atoms. The highest BCUT2D eigenvalue weighted by Gasteiger charge is 2.32. The number of fused-ring (bicyclic) bond motifs is 1. The average Bonchev–Trinajstić information content (AvgIpc) is 2.96. The molecule has 1 heterocycles. The van der Waals surface area contributed by atoms with E-state index < -0.39 is 16.0 Å². The average molecular weight is 388 g/mol. The van der Waals surface area contributed by atoms with E-state index in [1.165, 1.54) is 17.7 Å². The quantitative estimate of drug-likeness (QED) is 0.812. The molecule has 8 heteroatoms. The van der Waals surface area contributed by atoms with Crippen molar-refractivity contribution in [1.82, 2.24) is 0 Å². The van der Waals surface area contributed by atoms with Gasteiger partial charge in [-0.25, -0.2) is 13.2 Å². The number of rotatable bonds is 4. The number of sulfonamides is 1. The molecule has 0 radical (unpaired) electrons. The van der Waals surface area contributed by atoms with Crippen molar-refractivity contribution in [2.24, 2.45) is 0 Å². The highest BCUT2D eigenvalue weighted by atomic mass is 32.2. The van der Waals surface area contributed by atoms with Gasteiger partial charge in [0.05, 0.1) is 30.3 Å². The minimum Gasteiger partial charge on any atom is -0.465 e. The SMILES string of the molecule is COC(=O)c1ccccc1NC(=O)c1ccc2c(c1)C[C@H](C)N2S(C)(=O)=O. The lowest BCUT2D eigenvalue weighted by Crippen LogP contribution is -2.34. The fourth-order valence-electron chi connectivity index (χ4n) is 3.32. The molecule has 1 atom stereocenters. The number of carbonyl (C=O) groups is 2. The van der Waals surface area contributed by atoms with Crippen molar-refractivity contribution >= 4 is 33.3 Å². The summed E-state index contributed by atoms with van der Waals surface area (Å²) in [5.74, 6) is -0.933. The number of methoxy groups -OCH3 is 1. The molecule has 3 rings (SSSR count). The second kappa shape index (κ2) is 7.03. The van der Waals surface area contributed by atoms with Gasteiger partial charge >= 0.3 is 5.97 Å². The summed E-state index contributed by atoms with van der Waals surface area (Å²) in [6.07, 6.45) is 1.70. The fraction of sp³-hybridized carbons (Fsp3) is 0.263. The Morgan fingerprint density at radius 2 is 1.89 bits per heavy atom. The third-order valence-corrected chi connectivity index (χ3v) is 5.70. The van der Waals surface area contributed by atoms with Crippen LogP contribution in [0.2, 0.25) is 0 Å². The van der Waals surface area contributed by atoms with E-state index in [9.17, 15) is 18.0 Å². The Hall–Kier alpha value is -2.87. The predicted octanol–water partition coefficient (Wildman–Crippen LogP) is 2.44. The molecule has 1 aliphatic rings. The molecule has 7 nitrogen and oxygen atoms in total. The molecule has 1 amide bonds. The molecule has 0 bridgehead atoms. The highest BCUT2D eigenvalue weighted by Crippen LogP contribution is 2.34. The number of nitrogens with zero attached hydrogens (tertiary/aromatic N) is 1. The van der Waals surface area contributed by atoms with Crippen LogP contribution in [0, 0.1) is 0 Å². The monoisotopic (exact) mass is 388 g/mol. The standard InChI is InChI=1S/C19H20N2O5S/c1-12-10-14-11-13(8-9-17(14)21(12)27(3,24)25)18(22)20-16-7-5-4-6-15(16)19(23)26-2/h4-9,11-12H,10H2,1-3H3,(H,20,22)/t12-/m0/s1. The van der Waals surface area contributed by atoms with E-state index in [0.29, 0.717) is 23.4 Å². The maximum Gasteiger partial charge on any atom is 0.339 e. The number of amides is 1. The maximum absolute atomic E-state index is 12.6. The number of ether oxygens (including phenoxy) is 1. The lowest BCUT2D eigenvalue weighted by molar-refractivity contribution is 0.0602. The van der Waals surface area contributed by atoms with Gasteiger partial charge in [-0.05, 0) is 49.2 Å². The number of hydrogen-bond acceptors (Lipinski definition) is 5. The van der Waals surface area contributed by atoms with Gasteiger partial charge in [0.2, 0.25) is 10.0 Å². The summed E-state index contributed by atoms with van der Waals surface area (Å²) in [7, 11) is -2.11. The van der Waals surface area contributed by atoms with E-state index in [-0.39, 0.29) is 17.5 Å². The fourth-order valence-corrected chi connectivity index (χ4v) is 4.59. The molecular formula is C19H20N2O5S. The van der Waals surface area contributed by atoms with E-state index in [2.05, 4.69) is 5.32 Å². The number of hydrogen-bond donors (Lipinski definition) is 1. The smallest absolute Gasteiger partial charge is 0.339 e. The Morgan fingerprint density at radius 1 is 1.19 bits per heavy atom. The van der Waals surface area contributed by atoms with Gasteiger partial charge in [-0.15, -0.1) is 0 Å². The molecule has 1 N–H and O–H groups in total. The summed E-state index contributed by atoms with van der Waals surface area (Å²) >= 11 is 0. The van der Waals surface area contributed by atoms with Crippen LogP contribution in [0.25, 0.3) is 0 Å². The third-order valence-electron chi connectivity index (χ3n) is 4.43. The van der Waals surface area contributed by atoms with Crippen LogP contribution in [-0.2, 0) is 21.2 Å². The second-order valence-corrected chi connectivity index (χ2v) is 8.31. The summed E-state index contributed by atoms with van der Waals surface area (Å²) in [6.45, 7) is 1.83. The van der Waals surface area contributed by atoms with Crippen LogP contribution >= 0.6 is 0 Å². The number of nitrogens with one attached hydrogen (secondary N) is 1. The maximum atomic E-state index is 12.6. The Labute approximate surface area is 158 Å². The molecule has 1 aliphatic heterocycles. The van der Waals surface area contributed by atoms with Crippen LogP contribution in [-0.4, -0.2) is 39.7 Å². The molecule has 0 spiro atoms. The normalized spacial score (nSPS) is 16.0. The lowest BCUT2D eigenvalue weighted by atomic mass is 10.1. The van der Waals surface area contributed by atoms with Crippen molar-refractivity contribution in [3.8, 4) is 0 Å². The summed E-state index contributed by atoms with van der Waals surface area (Å²) in [5.41, 5.74) is 2.38. The summed E-state index contributed by atoms with van der Waals surface area (Å²) < 4.78 is 30.1. The van der Waals surface area contributed by atoms with Crippen LogP contribution in [0.4, 0.5) is 11.4 Å². The van der Waals surface area contributed by atoms with Gasteiger partial charge in [-0.2, -0.15) is 0 Å².